The van der Waals surface area contributed by atoms with Gasteiger partial charge in [-0.25, -0.2) is 0 Å². The maximum Gasteiger partial charge on any atom is 0.0733 e. The molecule has 0 aliphatic carbocycles. The molecular weight excluding hydrogens is 136 g/mol. The van der Waals surface area contributed by atoms with Gasteiger partial charge in [0.25, 0.3) is 0 Å². The van der Waals surface area contributed by atoms with E-state index >= 15 is 0 Å². The van der Waals surface area contributed by atoms with E-state index in [2.05, 4.69) is 23.9 Å². The molecule has 0 unspecified atom stereocenters. The molecule has 0 aromatic heterocycles. The lowest BCUT2D eigenvalue weighted by Crippen LogP contribution is -2.50. The molecule has 0 radical (unpaired) electrons. The highest BCUT2D eigenvalue weighted by molar-refractivity contribution is 4.96. The SMILES string of the molecule is CN1CCCC12CCCN2C. The summed E-state index contributed by atoms with van der Waals surface area (Å²) in [6.45, 7) is 2.59. The summed E-state index contributed by atoms with van der Waals surface area (Å²) in [7, 11) is 4.55. The molecule has 2 heterocycles. The number of hydrogen-bond donors (Lipinski definition) is 0. The predicted molar refractivity (Wildman–Crippen MR) is 46.5 cm³/mol. The van der Waals surface area contributed by atoms with Crippen molar-refractivity contribution < 1.29 is 0 Å². The Balaban J connectivity index is 2.19. The van der Waals surface area contributed by atoms with E-state index in [1.54, 1.807) is 0 Å². The van der Waals surface area contributed by atoms with E-state index < -0.39 is 0 Å². The molecule has 1 spiro atoms. The number of likely N-dealkylation sites (tertiary alicyclic amines) is 2. The van der Waals surface area contributed by atoms with Crippen molar-refractivity contribution >= 4 is 0 Å². The van der Waals surface area contributed by atoms with Crippen molar-refractivity contribution in [1.82, 2.24) is 9.80 Å². The molecule has 2 aliphatic heterocycles. The maximum absolute atomic E-state index is 2.54. The van der Waals surface area contributed by atoms with Gasteiger partial charge in [0.05, 0.1) is 5.66 Å². The lowest BCUT2D eigenvalue weighted by molar-refractivity contribution is 0.0387. The topological polar surface area (TPSA) is 6.48 Å². The van der Waals surface area contributed by atoms with Crippen molar-refractivity contribution in [3.05, 3.63) is 0 Å². The quantitative estimate of drug-likeness (QED) is 0.516. The molecule has 0 N–H and O–H groups in total. The third-order valence-electron chi connectivity index (χ3n) is 3.56. The minimum atomic E-state index is 0.472. The third-order valence-corrected chi connectivity index (χ3v) is 3.56. The van der Waals surface area contributed by atoms with Crippen molar-refractivity contribution in [2.24, 2.45) is 0 Å². The highest BCUT2D eigenvalue weighted by atomic mass is 15.4. The van der Waals surface area contributed by atoms with Gasteiger partial charge in [0, 0.05) is 0 Å². The highest BCUT2D eigenvalue weighted by Crippen LogP contribution is 2.38. The second kappa shape index (κ2) is 2.46. The monoisotopic (exact) mass is 154 g/mol. The second-order valence-electron chi connectivity index (χ2n) is 4.03. The van der Waals surface area contributed by atoms with Crippen LogP contribution >= 0.6 is 0 Å². The van der Waals surface area contributed by atoms with E-state index in [1.165, 1.54) is 38.8 Å². The maximum atomic E-state index is 2.54. The van der Waals surface area contributed by atoms with Gasteiger partial charge in [0.2, 0.25) is 0 Å². The van der Waals surface area contributed by atoms with Crippen molar-refractivity contribution in [3.8, 4) is 0 Å². The van der Waals surface area contributed by atoms with Crippen LogP contribution in [0.4, 0.5) is 0 Å². The van der Waals surface area contributed by atoms with Gasteiger partial charge in [0.15, 0.2) is 0 Å². The molecule has 0 saturated carbocycles. The molecule has 0 bridgehead atoms. The van der Waals surface area contributed by atoms with Crippen LogP contribution in [0, 0.1) is 0 Å². The Labute approximate surface area is 69.2 Å². The van der Waals surface area contributed by atoms with Crippen LogP contribution in [0.3, 0.4) is 0 Å². The summed E-state index contributed by atoms with van der Waals surface area (Å²) in [4.78, 5) is 5.08. The van der Waals surface area contributed by atoms with Crippen LogP contribution < -0.4 is 0 Å². The lowest BCUT2D eigenvalue weighted by atomic mass is 10.0. The summed E-state index contributed by atoms with van der Waals surface area (Å²) in [6.07, 6.45) is 5.56. The lowest BCUT2D eigenvalue weighted by Gasteiger charge is -2.38. The Morgan fingerprint density at radius 2 is 1.36 bits per heavy atom. The largest absolute Gasteiger partial charge is 0.288 e. The Bertz CT molecular complexity index is 138. The van der Waals surface area contributed by atoms with E-state index in [4.69, 9.17) is 0 Å². The molecular formula is C9H18N2. The van der Waals surface area contributed by atoms with E-state index in [0.717, 1.165) is 0 Å². The molecule has 0 amide bonds. The molecule has 2 nitrogen and oxygen atoms in total. The Morgan fingerprint density at radius 3 is 1.64 bits per heavy atom. The highest BCUT2D eigenvalue weighted by Gasteiger charge is 2.44. The molecule has 2 saturated heterocycles. The van der Waals surface area contributed by atoms with E-state index in [0.29, 0.717) is 5.66 Å². The van der Waals surface area contributed by atoms with Crippen LogP contribution in [0.15, 0.2) is 0 Å². The molecule has 11 heavy (non-hydrogen) atoms. The number of nitrogens with zero attached hydrogens (tertiary/aromatic N) is 2. The summed E-state index contributed by atoms with van der Waals surface area (Å²) >= 11 is 0. The van der Waals surface area contributed by atoms with Gasteiger partial charge >= 0.3 is 0 Å². The van der Waals surface area contributed by atoms with Crippen molar-refractivity contribution in [2.45, 2.75) is 31.3 Å². The van der Waals surface area contributed by atoms with Crippen LogP contribution in [0.1, 0.15) is 25.7 Å². The normalized spacial score (nSPS) is 32.2. The van der Waals surface area contributed by atoms with Crippen molar-refractivity contribution in [1.29, 1.82) is 0 Å². The molecule has 0 atom stereocenters. The Hall–Kier alpha value is -0.0800. The van der Waals surface area contributed by atoms with Crippen LogP contribution in [0.2, 0.25) is 0 Å². The first-order valence-electron chi connectivity index (χ1n) is 4.68. The smallest absolute Gasteiger partial charge is 0.0733 e. The first-order valence-corrected chi connectivity index (χ1v) is 4.68. The minimum absolute atomic E-state index is 0.472. The van der Waals surface area contributed by atoms with Crippen LogP contribution in [-0.4, -0.2) is 42.6 Å². The summed E-state index contributed by atoms with van der Waals surface area (Å²) in [5, 5.41) is 0. The first-order chi connectivity index (χ1) is 5.26. The Kier molecular flexibility index (Phi) is 1.69. The zero-order valence-corrected chi connectivity index (χ0v) is 7.64. The number of rotatable bonds is 0. The molecule has 0 aromatic rings. The summed E-state index contributed by atoms with van der Waals surface area (Å²) in [5.74, 6) is 0. The third kappa shape index (κ3) is 0.926. The number of hydrogen-bond acceptors (Lipinski definition) is 2. The van der Waals surface area contributed by atoms with Gasteiger partial charge < -0.3 is 0 Å². The summed E-state index contributed by atoms with van der Waals surface area (Å²) < 4.78 is 0. The molecule has 2 fully saturated rings. The van der Waals surface area contributed by atoms with Crippen LogP contribution in [0.5, 0.6) is 0 Å². The van der Waals surface area contributed by atoms with Gasteiger partial charge in [-0.3, -0.25) is 9.80 Å². The fourth-order valence-corrected chi connectivity index (χ4v) is 2.79. The van der Waals surface area contributed by atoms with E-state index in [9.17, 15) is 0 Å². The second-order valence-corrected chi connectivity index (χ2v) is 4.03. The zero-order chi connectivity index (χ0) is 7.90. The van der Waals surface area contributed by atoms with Gasteiger partial charge in [-0.05, 0) is 52.9 Å². The average molecular weight is 154 g/mol. The minimum Gasteiger partial charge on any atom is -0.288 e. The van der Waals surface area contributed by atoms with Gasteiger partial charge in [-0.1, -0.05) is 0 Å². The van der Waals surface area contributed by atoms with E-state index in [1.807, 2.05) is 0 Å². The van der Waals surface area contributed by atoms with E-state index in [-0.39, 0.29) is 0 Å². The standard InChI is InChI=1S/C9H18N2/c1-10-7-3-5-9(10)6-4-8-11(9)2/h3-8H2,1-2H3. The van der Waals surface area contributed by atoms with Crippen molar-refractivity contribution in [2.75, 3.05) is 27.2 Å². The molecule has 2 rings (SSSR count). The molecule has 0 aromatic carbocycles. The fourth-order valence-electron chi connectivity index (χ4n) is 2.79. The Morgan fingerprint density at radius 1 is 0.909 bits per heavy atom. The fraction of sp³-hybridized carbons (Fsp3) is 1.00. The van der Waals surface area contributed by atoms with Crippen molar-refractivity contribution in [3.63, 3.8) is 0 Å². The molecule has 2 heteroatoms. The zero-order valence-electron chi connectivity index (χ0n) is 7.64. The molecule has 64 valence electrons. The summed E-state index contributed by atoms with van der Waals surface area (Å²) in [6, 6.07) is 0. The molecule has 2 aliphatic rings. The van der Waals surface area contributed by atoms with Crippen LogP contribution in [0.25, 0.3) is 0 Å². The first kappa shape index (κ1) is 7.56. The van der Waals surface area contributed by atoms with Crippen LogP contribution in [-0.2, 0) is 0 Å². The van der Waals surface area contributed by atoms with Gasteiger partial charge in [0.1, 0.15) is 0 Å². The van der Waals surface area contributed by atoms with Gasteiger partial charge in [-0.15, -0.1) is 0 Å². The summed E-state index contributed by atoms with van der Waals surface area (Å²) in [5.41, 5.74) is 0.472. The van der Waals surface area contributed by atoms with Gasteiger partial charge in [-0.2, -0.15) is 0 Å². The average Bonchev–Trinajstić information content (AvgIpc) is 2.48. The predicted octanol–water partition coefficient (Wildman–Crippen LogP) is 1.13.